The molecule has 1 atom stereocenters. The molecule has 9 heteroatoms. The molecule has 5 rings (SSSR count). The highest BCUT2D eigenvalue weighted by Crippen LogP contribution is 2.31. The lowest BCUT2D eigenvalue weighted by Crippen LogP contribution is -2.33. The van der Waals surface area contributed by atoms with Gasteiger partial charge in [-0.15, -0.1) is 0 Å². The number of anilines is 2. The number of rotatable bonds is 7. The van der Waals surface area contributed by atoms with Crippen LogP contribution >= 0.6 is 11.3 Å². The maximum atomic E-state index is 14.9. The van der Waals surface area contributed by atoms with Crippen molar-refractivity contribution in [2.24, 2.45) is 0 Å². The molecule has 0 saturated carbocycles. The maximum Gasteiger partial charge on any atom is 0.330 e. The Hall–Kier alpha value is -4.63. The second-order valence-electron chi connectivity index (χ2n) is 8.18. The Balaban J connectivity index is 1.30. The lowest BCUT2D eigenvalue weighted by molar-refractivity contribution is -0.139. The van der Waals surface area contributed by atoms with E-state index in [1.807, 2.05) is 0 Å². The summed E-state index contributed by atoms with van der Waals surface area (Å²) in [5.41, 5.74) is 2.84. The first-order valence-electron chi connectivity index (χ1n) is 11.2. The summed E-state index contributed by atoms with van der Waals surface area (Å²) in [7, 11) is 0. The van der Waals surface area contributed by atoms with Crippen molar-refractivity contribution in [3.8, 4) is 11.1 Å². The van der Waals surface area contributed by atoms with Gasteiger partial charge in [0.15, 0.2) is 11.2 Å². The quantitative estimate of drug-likeness (QED) is 0.229. The van der Waals surface area contributed by atoms with E-state index in [9.17, 15) is 23.5 Å². The molecule has 0 radical (unpaired) electrons. The molecule has 37 heavy (non-hydrogen) atoms. The van der Waals surface area contributed by atoms with Gasteiger partial charge in [-0.3, -0.25) is 4.79 Å². The fraction of sp³-hybridized carbons (Fsp3) is 0.0357. The van der Waals surface area contributed by atoms with Gasteiger partial charge in [-0.05, 0) is 59.2 Å². The third-order valence-electron chi connectivity index (χ3n) is 5.70. The van der Waals surface area contributed by atoms with Gasteiger partial charge in [0.2, 0.25) is 0 Å². The molecular weight excluding hydrogens is 496 g/mol. The highest BCUT2D eigenvalue weighted by molar-refractivity contribution is 7.22. The van der Waals surface area contributed by atoms with Crippen molar-refractivity contribution in [1.82, 2.24) is 10.3 Å². The van der Waals surface area contributed by atoms with Crippen LogP contribution in [0, 0.1) is 11.6 Å². The number of halogens is 2. The third-order valence-corrected chi connectivity index (χ3v) is 6.63. The van der Waals surface area contributed by atoms with Crippen LogP contribution in [0.1, 0.15) is 22.0 Å². The lowest BCUT2D eigenvalue weighted by atomic mass is 10.0. The van der Waals surface area contributed by atoms with Crippen molar-refractivity contribution in [3.05, 3.63) is 114 Å². The number of aromatic nitrogens is 1. The third kappa shape index (κ3) is 5.31. The number of carbonyl (C=O) groups is 2. The predicted molar refractivity (Wildman–Crippen MR) is 139 cm³/mol. The van der Waals surface area contributed by atoms with E-state index in [2.05, 4.69) is 15.6 Å². The Morgan fingerprint density at radius 3 is 2.30 bits per heavy atom. The van der Waals surface area contributed by atoms with Crippen LogP contribution in [0.3, 0.4) is 0 Å². The number of amides is 1. The minimum absolute atomic E-state index is 0.222. The van der Waals surface area contributed by atoms with Crippen LogP contribution in [0.25, 0.3) is 21.3 Å². The van der Waals surface area contributed by atoms with Crippen LogP contribution in [0.15, 0.2) is 91.0 Å². The van der Waals surface area contributed by atoms with Crippen molar-refractivity contribution in [2.75, 3.05) is 5.32 Å². The first kappa shape index (κ1) is 24.1. The zero-order chi connectivity index (χ0) is 25.9. The van der Waals surface area contributed by atoms with E-state index in [4.69, 9.17) is 0 Å². The second kappa shape index (κ2) is 10.2. The summed E-state index contributed by atoms with van der Waals surface area (Å²) in [5.74, 6) is -2.57. The molecular formula is C28H19F2N3O3S. The van der Waals surface area contributed by atoms with E-state index in [0.29, 0.717) is 32.0 Å². The summed E-state index contributed by atoms with van der Waals surface area (Å²) in [4.78, 5) is 28.7. The number of carboxylic acids is 1. The maximum absolute atomic E-state index is 14.9. The number of thiazole rings is 1. The molecule has 0 aliphatic rings. The Labute approximate surface area is 214 Å². The predicted octanol–water partition coefficient (Wildman–Crippen LogP) is 6.54. The lowest BCUT2D eigenvalue weighted by Gasteiger charge is -2.15. The van der Waals surface area contributed by atoms with Crippen LogP contribution in [-0.4, -0.2) is 22.0 Å². The van der Waals surface area contributed by atoms with Crippen molar-refractivity contribution in [3.63, 3.8) is 0 Å². The van der Waals surface area contributed by atoms with Gasteiger partial charge in [0.05, 0.1) is 15.9 Å². The van der Waals surface area contributed by atoms with Crippen molar-refractivity contribution in [1.29, 1.82) is 0 Å². The van der Waals surface area contributed by atoms with Gasteiger partial charge in [-0.25, -0.2) is 18.6 Å². The summed E-state index contributed by atoms with van der Waals surface area (Å²) < 4.78 is 28.9. The number of hydrogen-bond donors (Lipinski definition) is 3. The Kier molecular flexibility index (Phi) is 6.61. The van der Waals surface area contributed by atoms with Crippen LogP contribution in [0.5, 0.6) is 0 Å². The molecule has 5 aromatic rings. The summed E-state index contributed by atoms with van der Waals surface area (Å²) >= 11 is 1.22. The van der Waals surface area contributed by atoms with Crippen LogP contribution in [0.4, 0.5) is 19.6 Å². The van der Waals surface area contributed by atoms with E-state index in [-0.39, 0.29) is 17.1 Å². The molecule has 0 fully saturated rings. The Morgan fingerprint density at radius 1 is 0.865 bits per heavy atom. The van der Waals surface area contributed by atoms with Gasteiger partial charge < -0.3 is 15.7 Å². The van der Waals surface area contributed by atoms with Crippen molar-refractivity contribution >= 4 is 44.2 Å². The highest BCUT2D eigenvalue weighted by atomic mass is 32.1. The number of nitrogens with one attached hydrogen (secondary N) is 2. The van der Waals surface area contributed by atoms with Crippen LogP contribution < -0.4 is 10.6 Å². The SMILES string of the molecule is O=C(N[C@H](C(=O)O)c1ccccc1)c1ccc(-c2ccc(Nc3nc4ccc(F)cc4s3)c(F)c2)cc1. The largest absolute Gasteiger partial charge is 0.479 e. The number of nitrogens with zero attached hydrogens (tertiary/aromatic N) is 1. The minimum atomic E-state index is -1.18. The first-order chi connectivity index (χ1) is 17.9. The van der Waals surface area contributed by atoms with E-state index in [0.717, 1.165) is 0 Å². The molecule has 184 valence electrons. The van der Waals surface area contributed by atoms with Crippen LogP contribution in [-0.2, 0) is 4.79 Å². The molecule has 0 bridgehead atoms. The van der Waals surface area contributed by atoms with Gasteiger partial charge in [0, 0.05) is 5.56 Å². The molecule has 6 nitrogen and oxygen atoms in total. The smallest absolute Gasteiger partial charge is 0.330 e. The number of hydrogen-bond acceptors (Lipinski definition) is 5. The normalized spacial score (nSPS) is 11.7. The van der Waals surface area contributed by atoms with Gasteiger partial charge in [0.1, 0.15) is 11.6 Å². The summed E-state index contributed by atoms with van der Waals surface area (Å²) in [5, 5.41) is 15.4. The van der Waals surface area contributed by atoms with E-state index in [1.165, 1.54) is 29.5 Å². The second-order valence-corrected chi connectivity index (χ2v) is 9.21. The number of aliphatic carboxylic acids is 1. The number of benzene rings is 4. The van der Waals surface area contributed by atoms with Crippen LogP contribution in [0.2, 0.25) is 0 Å². The molecule has 0 aliphatic heterocycles. The van der Waals surface area contributed by atoms with Crippen molar-refractivity contribution in [2.45, 2.75) is 6.04 Å². The molecule has 4 aromatic carbocycles. The molecule has 0 unspecified atom stereocenters. The minimum Gasteiger partial charge on any atom is -0.479 e. The number of carboxylic acid groups (broad SMARTS) is 1. The average Bonchev–Trinajstić information content (AvgIpc) is 3.30. The summed E-state index contributed by atoms with van der Waals surface area (Å²) in [6.07, 6.45) is 0. The van der Waals surface area contributed by atoms with E-state index >= 15 is 0 Å². The molecule has 1 amide bonds. The van der Waals surface area contributed by atoms with Crippen molar-refractivity contribution < 1.29 is 23.5 Å². The molecule has 3 N–H and O–H groups in total. The zero-order valence-electron chi connectivity index (χ0n) is 19.1. The Bertz CT molecular complexity index is 1600. The number of carbonyl (C=O) groups excluding carboxylic acids is 1. The monoisotopic (exact) mass is 515 g/mol. The molecule has 0 saturated heterocycles. The molecule has 0 aliphatic carbocycles. The number of fused-ring (bicyclic) bond motifs is 1. The fourth-order valence-electron chi connectivity index (χ4n) is 3.82. The Morgan fingerprint density at radius 2 is 1.59 bits per heavy atom. The standard InChI is InChI=1S/C28H19F2N3O3S/c29-20-11-13-23-24(15-20)37-28(32-23)31-22-12-10-19(14-21(22)30)16-6-8-18(9-7-16)26(34)33-25(27(35)36)17-4-2-1-3-5-17/h1-15,25H,(H,31,32)(H,33,34)(H,35,36)/t25-/m0/s1. The zero-order valence-corrected chi connectivity index (χ0v) is 19.9. The summed E-state index contributed by atoms with van der Waals surface area (Å²) in [6, 6.07) is 22.6. The van der Waals surface area contributed by atoms with Gasteiger partial charge in [0.25, 0.3) is 5.91 Å². The van der Waals surface area contributed by atoms with E-state index in [1.54, 1.807) is 72.8 Å². The molecule has 0 spiro atoms. The first-order valence-corrected chi connectivity index (χ1v) is 12.0. The molecule has 1 aromatic heterocycles. The van der Waals surface area contributed by atoms with Gasteiger partial charge in [-0.2, -0.15) is 0 Å². The van der Waals surface area contributed by atoms with Gasteiger partial charge >= 0.3 is 5.97 Å². The van der Waals surface area contributed by atoms with Gasteiger partial charge in [-0.1, -0.05) is 59.9 Å². The molecule has 1 heterocycles. The average molecular weight is 516 g/mol. The van der Waals surface area contributed by atoms with E-state index < -0.39 is 23.7 Å². The fourth-order valence-corrected chi connectivity index (χ4v) is 4.73. The highest BCUT2D eigenvalue weighted by Gasteiger charge is 2.22. The summed E-state index contributed by atoms with van der Waals surface area (Å²) in [6.45, 7) is 0. The topological polar surface area (TPSA) is 91.3 Å².